The number of methoxy groups -OCH3 is 1. The van der Waals surface area contributed by atoms with E-state index in [0.29, 0.717) is 17.5 Å². The number of pyridine rings is 1. The lowest BCUT2D eigenvalue weighted by Crippen LogP contribution is -2.33. The SMILES string of the molecule is COc1ccc2nc(N(Cc3ccccn3)C(=O)c3nnc4n3CCC4)sc2c1. The Hall–Kier alpha value is -3.33. The van der Waals surface area contributed by atoms with Gasteiger partial charge in [0.15, 0.2) is 5.13 Å². The van der Waals surface area contributed by atoms with Crippen molar-refractivity contribution in [1.82, 2.24) is 24.7 Å². The summed E-state index contributed by atoms with van der Waals surface area (Å²) in [7, 11) is 1.63. The van der Waals surface area contributed by atoms with E-state index in [2.05, 4.69) is 15.2 Å². The van der Waals surface area contributed by atoms with E-state index in [1.165, 1.54) is 11.3 Å². The maximum absolute atomic E-state index is 13.5. The Balaban J connectivity index is 1.57. The largest absolute Gasteiger partial charge is 0.497 e. The highest BCUT2D eigenvalue weighted by Crippen LogP contribution is 2.33. The molecule has 0 radical (unpaired) electrons. The summed E-state index contributed by atoms with van der Waals surface area (Å²) >= 11 is 1.44. The first kappa shape index (κ1) is 17.7. The number of hydrogen-bond donors (Lipinski definition) is 0. The van der Waals surface area contributed by atoms with Gasteiger partial charge in [0.1, 0.15) is 11.6 Å². The number of ether oxygens (including phenoxy) is 1. The molecule has 0 N–H and O–H groups in total. The second kappa shape index (κ2) is 7.25. The Bertz CT molecular complexity index is 1190. The molecule has 0 unspecified atom stereocenters. The van der Waals surface area contributed by atoms with E-state index in [-0.39, 0.29) is 5.91 Å². The molecule has 5 rings (SSSR count). The van der Waals surface area contributed by atoms with Gasteiger partial charge in [-0.3, -0.25) is 14.7 Å². The molecule has 0 saturated heterocycles. The fourth-order valence-electron chi connectivity index (χ4n) is 3.44. The van der Waals surface area contributed by atoms with Gasteiger partial charge in [0.05, 0.1) is 29.6 Å². The van der Waals surface area contributed by atoms with Crippen LogP contribution in [-0.4, -0.2) is 37.7 Å². The van der Waals surface area contributed by atoms with Crippen molar-refractivity contribution in [2.45, 2.75) is 25.9 Å². The molecule has 0 saturated carbocycles. The van der Waals surface area contributed by atoms with Crippen LogP contribution in [0.1, 0.15) is 28.6 Å². The highest BCUT2D eigenvalue weighted by atomic mass is 32.1. The van der Waals surface area contributed by atoms with Crippen LogP contribution in [0.15, 0.2) is 42.6 Å². The average Bonchev–Trinajstić information content (AvgIpc) is 3.46. The number of fused-ring (bicyclic) bond motifs is 2. The number of carbonyl (C=O) groups is 1. The smallest absolute Gasteiger partial charge is 0.298 e. The molecule has 0 bridgehead atoms. The van der Waals surface area contributed by atoms with E-state index >= 15 is 0 Å². The van der Waals surface area contributed by atoms with Crippen LogP contribution in [0.3, 0.4) is 0 Å². The Labute approximate surface area is 170 Å². The summed E-state index contributed by atoms with van der Waals surface area (Å²) in [5.74, 6) is 1.75. The summed E-state index contributed by atoms with van der Waals surface area (Å²) in [6.07, 6.45) is 3.55. The number of hydrogen-bond acceptors (Lipinski definition) is 7. The van der Waals surface area contributed by atoms with Gasteiger partial charge in [-0.05, 0) is 36.8 Å². The van der Waals surface area contributed by atoms with Gasteiger partial charge in [-0.15, -0.1) is 10.2 Å². The van der Waals surface area contributed by atoms with Gasteiger partial charge in [-0.2, -0.15) is 0 Å². The fraction of sp³-hybridized carbons (Fsp3) is 0.250. The molecule has 4 aromatic rings. The highest BCUT2D eigenvalue weighted by molar-refractivity contribution is 7.22. The van der Waals surface area contributed by atoms with E-state index in [9.17, 15) is 4.79 Å². The van der Waals surface area contributed by atoms with Crippen molar-refractivity contribution in [3.8, 4) is 5.75 Å². The third-order valence-electron chi connectivity index (χ3n) is 4.91. The minimum atomic E-state index is -0.220. The minimum absolute atomic E-state index is 0.220. The minimum Gasteiger partial charge on any atom is -0.497 e. The van der Waals surface area contributed by atoms with Crippen molar-refractivity contribution in [2.75, 3.05) is 12.0 Å². The Morgan fingerprint density at radius 3 is 3.03 bits per heavy atom. The molecule has 3 aromatic heterocycles. The molecule has 29 heavy (non-hydrogen) atoms. The van der Waals surface area contributed by atoms with E-state index in [4.69, 9.17) is 9.72 Å². The number of carbonyl (C=O) groups excluding carboxylic acids is 1. The van der Waals surface area contributed by atoms with Gasteiger partial charge in [0.2, 0.25) is 5.82 Å². The molecule has 1 aliphatic rings. The van der Waals surface area contributed by atoms with E-state index in [1.54, 1.807) is 18.2 Å². The molecule has 9 heteroatoms. The summed E-state index contributed by atoms with van der Waals surface area (Å²) in [6, 6.07) is 11.3. The molecule has 0 atom stereocenters. The zero-order chi connectivity index (χ0) is 19.8. The summed E-state index contributed by atoms with van der Waals surface area (Å²) in [6.45, 7) is 1.07. The second-order valence-electron chi connectivity index (χ2n) is 6.74. The van der Waals surface area contributed by atoms with Crippen molar-refractivity contribution in [1.29, 1.82) is 0 Å². The van der Waals surface area contributed by atoms with Crippen molar-refractivity contribution >= 4 is 32.6 Å². The first-order chi connectivity index (χ1) is 14.2. The number of aryl methyl sites for hydroxylation is 1. The molecule has 8 nitrogen and oxygen atoms in total. The summed E-state index contributed by atoms with van der Waals surface area (Å²) in [4.78, 5) is 24.2. The zero-order valence-corrected chi connectivity index (χ0v) is 16.6. The number of rotatable bonds is 5. The molecular weight excluding hydrogens is 388 g/mol. The van der Waals surface area contributed by atoms with Crippen molar-refractivity contribution in [3.63, 3.8) is 0 Å². The van der Waals surface area contributed by atoms with Crippen molar-refractivity contribution in [3.05, 3.63) is 59.9 Å². The molecule has 4 heterocycles. The molecule has 146 valence electrons. The Kier molecular flexibility index (Phi) is 4.44. The van der Waals surface area contributed by atoms with Gasteiger partial charge in [0.25, 0.3) is 5.91 Å². The van der Waals surface area contributed by atoms with Crippen LogP contribution in [0.5, 0.6) is 5.75 Å². The topological polar surface area (TPSA) is 86.0 Å². The van der Waals surface area contributed by atoms with Crippen molar-refractivity contribution < 1.29 is 9.53 Å². The number of thiazole rings is 1. The molecule has 0 aliphatic carbocycles. The van der Waals surface area contributed by atoms with Crippen LogP contribution < -0.4 is 9.64 Å². The van der Waals surface area contributed by atoms with Gasteiger partial charge < -0.3 is 9.30 Å². The molecule has 1 aromatic carbocycles. The van der Waals surface area contributed by atoms with Gasteiger partial charge in [-0.1, -0.05) is 17.4 Å². The fourth-order valence-corrected chi connectivity index (χ4v) is 4.44. The van der Waals surface area contributed by atoms with Crippen LogP contribution in [0.4, 0.5) is 5.13 Å². The van der Waals surface area contributed by atoms with E-state index < -0.39 is 0 Å². The lowest BCUT2D eigenvalue weighted by atomic mass is 10.3. The lowest BCUT2D eigenvalue weighted by molar-refractivity contribution is 0.0970. The number of amides is 1. The first-order valence-electron chi connectivity index (χ1n) is 9.31. The maximum atomic E-state index is 13.5. The highest BCUT2D eigenvalue weighted by Gasteiger charge is 2.29. The average molecular weight is 406 g/mol. The Morgan fingerprint density at radius 1 is 1.28 bits per heavy atom. The van der Waals surface area contributed by atoms with Gasteiger partial charge in [-0.25, -0.2) is 4.98 Å². The molecule has 0 fully saturated rings. The zero-order valence-electron chi connectivity index (χ0n) is 15.8. The van der Waals surface area contributed by atoms with Crippen LogP contribution >= 0.6 is 11.3 Å². The third kappa shape index (κ3) is 3.23. The predicted octanol–water partition coefficient (Wildman–Crippen LogP) is 3.08. The van der Waals surface area contributed by atoms with Gasteiger partial charge >= 0.3 is 0 Å². The molecular formula is C20H18N6O2S. The summed E-state index contributed by atoms with van der Waals surface area (Å²) in [5, 5.41) is 8.94. The number of benzene rings is 1. The number of anilines is 1. The predicted molar refractivity (Wildman–Crippen MR) is 109 cm³/mol. The molecule has 1 amide bonds. The first-order valence-corrected chi connectivity index (χ1v) is 10.1. The number of aromatic nitrogens is 5. The third-order valence-corrected chi connectivity index (χ3v) is 5.95. The summed E-state index contributed by atoms with van der Waals surface area (Å²) in [5.41, 5.74) is 1.59. The normalized spacial score (nSPS) is 12.9. The van der Waals surface area contributed by atoms with Gasteiger partial charge in [0, 0.05) is 19.2 Å². The van der Waals surface area contributed by atoms with E-state index in [0.717, 1.165) is 46.9 Å². The summed E-state index contributed by atoms with van der Waals surface area (Å²) < 4.78 is 8.17. The van der Waals surface area contributed by atoms with E-state index in [1.807, 2.05) is 41.0 Å². The van der Waals surface area contributed by atoms with Crippen LogP contribution in [0.25, 0.3) is 10.2 Å². The van der Waals surface area contributed by atoms with Crippen LogP contribution in [0.2, 0.25) is 0 Å². The maximum Gasteiger partial charge on any atom is 0.298 e. The second-order valence-corrected chi connectivity index (χ2v) is 7.75. The van der Waals surface area contributed by atoms with Crippen molar-refractivity contribution in [2.24, 2.45) is 0 Å². The quantitative estimate of drug-likeness (QED) is 0.506. The van der Waals surface area contributed by atoms with Crippen LogP contribution in [0, 0.1) is 0 Å². The monoisotopic (exact) mass is 406 g/mol. The van der Waals surface area contributed by atoms with Crippen LogP contribution in [-0.2, 0) is 19.5 Å². The number of nitrogens with zero attached hydrogens (tertiary/aromatic N) is 6. The lowest BCUT2D eigenvalue weighted by Gasteiger charge is -2.19. The standard InChI is InChI=1S/C20H18N6O2S/c1-28-14-7-8-15-16(11-14)29-20(22-15)26(12-13-5-2-3-9-21-13)19(27)18-24-23-17-6-4-10-25(17)18/h2-3,5,7-9,11H,4,6,10,12H2,1H3. The molecule has 1 aliphatic heterocycles. The molecule has 0 spiro atoms. The Morgan fingerprint density at radius 2 is 2.21 bits per heavy atom.